The van der Waals surface area contributed by atoms with Gasteiger partial charge in [-0.3, -0.25) is 0 Å². The van der Waals surface area contributed by atoms with Crippen LogP contribution in [0.25, 0.3) is 0 Å². The number of allylic oxidation sites excluding steroid dienone is 1. The van der Waals surface area contributed by atoms with E-state index in [4.69, 9.17) is 11.6 Å². The smallest absolute Gasteiger partial charge is 0.0171 e. The molecule has 0 aliphatic carbocycles. The Hall–Kier alpha value is -0.270. The van der Waals surface area contributed by atoms with Crippen LogP contribution in [0.5, 0.6) is 0 Å². The molecule has 9 heavy (non-hydrogen) atoms. The Morgan fingerprint density at radius 1 is 1.78 bits per heavy atom. The first-order valence-corrected chi connectivity index (χ1v) is 3.90. The summed E-state index contributed by atoms with van der Waals surface area (Å²) in [6.45, 7) is 3.60. The molecule has 0 bridgehead atoms. The van der Waals surface area contributed by atoms with Crippen molar-refractivity contribution in [1.82, 2.24) is 0 Å². The maximum Gasteiger partial charge on any atom is 0.0171 e. The van der Waals surface area contributed by atoms with Crippen molar-refractivity contribution in [3.8, 4) is 0 Å². The largest absolute Gasteiger partial charge is 0.149 e. The minimum absolute atomic E-state index is 0.706. The van der Waals surface area contributed by atoms with Crippen molar-refractivity contribution in [2.45, 2.75) is 6.42 Å². The molecule has 0 aliphatic heterocycles. The molecule has 0 saturated heterocycles. The highest BCUT2D eigenvalue weighted by molar-refractivity contribution is 7.09. The molecular weight excluding hydrogens is 152 g/mol. The molecule has 0 aliphatic rings. The SMILES string of the molecule is C=C(Cl)Cc1cccs1. The molecule has 2 heteroatoms. The van der Waals surface area contributed by atoms with Gasteiger partial charge in [0.05, 0.1) is 0 Å². The summed E-state index contributed by atoms with van der Waals surface area (Å²) in [5.41, 5.74) is 0. The van der Waals surface area contributed by atoms with Gasteiger partial charge in [-0.15, -0.1) is 11.3 Å². The van der Waals surface area contributed by atoms with E-state index in [1.807, 2.05) is 11.4 Å². The fourth-order valence-corrected chi connectivity index (χ4v) is 1.57. The van der Waals surface area contributed by atoms with E-state index in [1.165, 1.54) is 4.88 Å². The molecular formula is C7H7ClS. The predicted octanol–water partition coefficient (Wildman–Crippen LogP) is 3.04. The highest BCUT2D eigenvalue weighted by Gasteiger charge is 1.92. The van der Waals surface area contributed by atoms with Crippen LogP contribution in [0, 0.1) is 0 Å². The Morgan fingerprint density at radius 2 is 2.56 bits per heavy atom. The fourth-order valence-electron chi connectivity index (χ4n) is 0.602. The van der Waals surface area contributed by atoms with Crippen molar-refractivity contribution in [2.24, 2.45) is 0 Å². The highest BCUT2D eigenvalue weighted by atomic mass is 35.5. The zero-order chi connectivity index (χ0) is 6.69. The van der Waals surface area contributed by atoms with Gasteiger partial charge >= 0.3 is 0 Å². The van der Waals surface area contributed by atoms with Crippen molar-refractivity contribution in [3.05, 3.63) is 34.0 Å². The van der Waals surface area contributed by atoms with Crippen LogP contribution in [-0.4, -0.2) is 0 Å². The number of halogens is 1. The lowest BCUT2D eigenvalue weighted by molar-refractivity contribution is 1.32. The first kappa shape index (κ1) is 6.84. The maximum absolute atomic E-state index is 5.58. The van der Waals surface area contributed by atoms with E-state index in [2.05, 4.69) is 12.6 Å². The lowest BCUT2D eigenvalue weighted by Gasteiger charge is -1.89. The van der Waals surface area contributed by atoms with E-state index in [1.54, 1.807) is 11.3 Å². The van der Waals surface area contributed by atoms with Crippen molar-refractivity contribution in [3.63, 3.8) is 0 Å². The topological polar surface area (TPSA) is 0 Å². The normalized spacial score (nSPS) is 9.44. The molecule has 0 saturated carbocycles. The van der Waals surface area contributed by atoms with Gasteiger partial charge in [0.2, 0.25) is 0 Å². The van der Waals surface area contributed by atoms with Gasteiger partial charge in [-0.25, -0.2) is 0 Å². The third kappa shape index (κ3) is 2.20. The summed E-state index contributed by atoms with van der Waals surface area (Å²) in [6, 6.07) is 4.07. The van der Waals surface area contributed by atoms with Crippen molar-refractivity contribution in [2.75, 3.05) is 0 Å². The van der Waals surface area contributed by atoms with E-state index in [0.29, 0.717) is 5.03 Å². The molecule has 0 unspecified atom stereocenters. The summed E-state index contributed by atoms with van der Waals surface area (Å²) >= 11 is 7.29. The van der Waals surface area contributed by atoms with E-state index in [9.17, 15) is 0 Å². The third-order valence-electron chi connectivity index (χ3n) is 0.946. The van der Waals surface area contributed by atoms with Gasteiger partial charge in [0, 0.05) is 16.3 Å². The first-order valence-electron chi connectivity index (χ1n) is 2.64. The van der Waals surface area contributed by atoms with Crippen molar-refractivity contribution in [1.29, 1.82) is 0 Å². The molecule has 1 rings (SSSR count). The average Bonchev–Trinajstić information content (AvgIpc) is 2.15. The number of thiophene rings is 1. The van der Waals surface area contributed by atoms with Gasteiger partial charge in [0.25, 0.3) is 0 Å². The minimum Gasteiger partial charge on any atom is -0.149 e. The summed E-state index contributed by atoms with van der Waals surface area (Å²) in [5.74, 6) is 0. The second kappa shape index (κ2) is 3.04. The molecule has 0 nitrogen and oxygen atoms in total. The van der Waals surface area contributed by atoms with Crippen LogP contribution in [0.15, 0.2) is 29.1 Å². The Balaban J connectivity index is 2.58. The second-order valence-electron chi connectivity index (χ2n) is 1.77. The summed E-state index contributed by atoms with van der Waals surface area (Å²) in [6.07, 6.45) is 0.805. The zero-order valence-electron chi connectivity index (χ0n) is 4.93. The molecule has 0 aromatic carbocycles. The van der Waals surface area contributed by atoms with Crippen LogP contribution in [0.3, 0.4) is 0 Å². The maximum atomic E-state index is 5.58. The quantitative estimate of drug-likeness (QED) is 0.621. The van der Waals surface area contributed by atoms with Gasteiger partial charge in [0.1, 0.15) is 0 Å². The fraction of sp³-hybridized carbons (Fsp3) is 0.143. The second-order valence-corrected chi connectivity index (χ2v) is 3.34. The van der Waals surface area contributed by atoms with Crippen LogP contribution in [0.4, 0.5) is 0 Å². The van der Waals surface area contributed by atoms with Gasteiger partial charge in [-0.1, -0.05) is 24.2 Å². The lowest BCUT2D eigenvalue weighted by Crippen LogP contribution is -1.74. The Kier molecular flexibility index (Phi) is 2.31. The van der Waals surface area contributed by atoms with E-state index >= 15 is 0 Å². The van der Waals surface area contributed by atoms with Crippen molar-refractivity contribution >= 4 is 22.9 Å². The van der Waals surface area contributed by atoms with Crippen LogP contribution >= 0.6 is 22.9 Å². The molecule has 1 aromatic rings. The molecule has 0 spiro atoms. The summed E-state index contributed by atoms with van der Waals surface area (Å²) in [7, 11) is 0. The Bertz CT molecular complexity index is 189. The molecule has 48 valence electrons. The lowest BCUT2D eigenvalue weighted by atomic mass is 10.3. The predicted molar refractivity (Wildman–Crippen MR) is 43.0 cm³/mol. The van der Waals surface area contributed by atoms with Crippen LogP contribution in [0.1, 0.15) is 4.88 Å². The van der Waals surface area contributed by atoms with Gasteiger partial charge in [0.15, 0.2) is 0 Å². The van der Waals surface area contributed by atoms with Crippen LogP contribution in [-0.2, 0) is 6.42 Å². The Morgan fingerprint density at radius 3 is 3.00 bits per heavy atom. The Labute approximate surface area is 63.8 Å². The third-order valence-corrected chi connectivity index (χ3v) is 1.96. The summed E-state index contributed by atoms with van der Waals surface area (Å²) in [5, 5.41) is 2.74. The number of hydrogen-bond donors (Lipinski definition) is 0. The molecule has 0 N–H and O–H groups in total. The van der Waals surface area contributed by atoms with Crippen molar-refractivity contribution < 1.29 is 0 Å². The van der Waals surface area contributed by atoms with E-state index in [-0.39, 0.29) is 0 Å². The zero-order valence-corrected chi connectivity index (χ0v) is 6.50. The molecule has 0 atom stereocenters. The number of hydrogen-bond acceptors (Lipinski definition) is 1. The van der Waals surface area contributed by atoms with Crippen LogP contribution < -0.4 is 0 Å². The minimum atomic E-state index is 0.706. The molecule has 1 aromatic heterocycles. The van der Waals surface area contributed by atoms with Gasteiger partial charge < -0.3 is 0 Å². The summed E-state index contributed by atoms with van der Waals surface area (Å²) < 4.78 is 0. The standard InChI is InChI=1S/C7H7ClS/c1-6(8)5-7-3-2-4-9-7/h2-4H,1,5H2. The van der Waals surface area contributed by atoms with E-state index in [0.717, 1.165) is 6.42 Å². The summed E-state index contributed by atoms with van der Waals surface area (Å²) in [4.78, 5) is 1.27. The van der Waals surface area contributed by atoms with Crippen LogP contribution in [0.2, 0.25) is 0 Å². The highest BCUT2D eigenvalue weighted by Crippen LogP contribution is 2.14. The van der Waals surface area contributed by atoms with E-state index < -0.39 is 0 Å². The molecule has 1 heterocycles. The first-order chi connectivity index (χ1) is 4.29. The number of rotatable bonds is 2. The molecule has 0 fully saturated rings. The molecule has 0 amide bonds. The molecule has 0 radical (unpaired) electrons. The van der Waals surface area contributed by atoms with Gasteiger partial charge in [-0.2, -0.15) is 0 Å². The average molecular weight is 159 g/mol. The van der Waals surface area contributed by atoms with Gasteiger partial charge in [-0.05, 0) is 11.4 Å². The monoisotopic (exact) mass is 158 g/mol.